The summed E-state index contributed by atoms with van der Waals surface area (Å²) in [5.41, 5.74) is 3.57. The lowest BCUT2D eigenvalue weighted by Gasteiger charge is -2.34. The number of hydrogen-bond donors (Lipinski definition) is 1. The molecule has 0 saturated carbocycles. The van der Waals surface area contributed by atoms with Crippen LogP contribution in [0.2, 0.25) is 0 Å². The van der Waals surface area contributed by atoms with E-state index in [1.54, 1.807) is 6.92 Å². The zero-order valence-electron chi connectivity index (χ0n) is 19.3. The molecule has 2 heterocycles. The molecule has 0 atom stereocenters. The molecule has 2 aliphatic heterocycles. The Kier molecular flexibility index (Phi) is 7.11. The molecule has 1 aromatic rings. The molecule has 3 rings (SSSR count). The van der Waals surface area contributed by atoms with Gasteiger partial charge in [-0.25, -0.2) is 8.42 Å². The molecule has 0 aromatic heterocycles. The molecule has 7 nitrogen and oxygen atoms in total. The molecular formula is C23H35N3O4S. The van der Waals surface area contributed by atoms with Crippen molar-refractivity contribution in [2.75, 3.05) is 26.2 Å². The average Bonchev–Trinajstić information content (AvgIpc) is 2.73. The number of hydrogen-bond acceptors (Lipinski definition) is 4. The normalized spacial score (nSPS) is 19.5. The number of sulfonamides is 1. The van der Waals surface area contributed by atoms with Crippen LogP contribution in [0.5, 0.6) is 0 Å². The standard InChI is InChI=1S/C23H35N3O4S/c1-15-14-16(2)18(4)22(17(15)3)31(29,30)26-12-6-20(7-13-26)23(28)24-21-8-10-25(11-9-21)19(5)27/h14,20-21H,6-13H2,1-5H3,(H,24,28). The minimum atomic E-state index is -3.59. The molecule has 0 bridgehead atoms. The third-order valence-electron chi connectivity index (χ3n) is 7.01. The zero-order valence-corrected chi connectivity index (χ0v) is 20.1. The van der Waals surface area contributed by atoms with E-state index in [0.29, 0.717) is 43.9 Å². The van der Waals surface area contributed by atoms with Gasteiger partial charge in [-0.1, -0.05) is 6.07 Å². The number of carbonyl (C=O) groups is 2. The number of piperidine rings is 2. The monoisotopic (exact) mass is 449 g/mol. The van der Waals surface area contributed by atoms with Gasteiger partial charge in [-0.15, -0.1) is 0 Å². The Morgan fingerprint density at radius 1 is 0.903 bits per heavy atom. The fourth-order valence-electron chi connectivity index (χ4n) is 4.71. The van der Waals surface area contributed by atoms with Gasteiger partial charge in [-0.2, -0.15) is 4.31 Å². The largest absolute Gasteiger partial charge is 0.353 e. The van der Waals surface area contributed by atoms with Crippen LogP contribution in [-0.2, 0) is 19.6 Å². The highest BCUT2D eigenvalue weighted by atomic mass is 32.2. The summed E-state index contributed by atoms with van der Waals surface area (Å²) in [6, 6.07) is 2.12. The predicted molar refractivity (Wildman–Crippen MR) is 120 cm³/mol. The van der Waals surface area contributed by atoms with Crippen LogP contribution in [0.15, 0.2) is 11.0 Å². The molecule has 0 unspecified atom stereocenters. The first-order chi connectivity index (χ1) is 14.5. The van der Waals surface area contributed by atoms with Gasteiger partial charge in [0.2, 0.25) is 21.8 Å². The summed E-state index contributed by atoms with van der Waals surface area (Å²) < 4.78 is 28.3. The van der Waals surface area contributed by atoms with Gasteiger partial charge in [-0.05, 0) is 75.6 Å². The molecule has 1 aromatic carbocycles. The van der Waals surface area contributed by atoms with Crippen molar-refractivity contribution < 1.29 is 18.0 Å². The van der Waals surface area contributed by atoms with Crippen LogP contribution < -0.4 is 5.32 Å². The lowest BCUT2D eigenvalue weighted by atomic mass is 9.96. The van der Waals surface area contributed by atoms with Crippen molar-refractivity contribution in [3.8, 4) is 0 Å². The van der Waals surface area contributed by atoms with Gasteiger partial charge in [0.05, 0.1) is 4.90 Å². The molecule has 172 valence electrons. The fraction of sp³-hybridized carbons (Fsp3) is 0.652. The van der Waals surface area contributed by atoms with Crippen LogP contribution in [-0.4, -0.2) is 61.7 Å². The van der Waals surface area contributed by atoms with Crippen LogP contribution >= 0.6 is 0 Å². The summed E-state index contributed by atoms with van der Waals surface area (Å²) in [7, 11) is -3.59. The van der Waals surface area contributed by atoms with Gasteiger partial charge >= 0.3 is 0 Å². The highest BCUT2D eigenvalue weighted by molar-refractivity contribution is 7.89. The SMILES string of the molecule is CC(=O)N1CCC(NC(=O)C2CCN(S(=O)(=O)c3c(C)c(C)cc(C)c3C)CC2)CC1. The highest BCUT2D eigenvalue weighted by Gasteiger charge is 2.35. The maximum atomic E-state index is 13.4. The van der Waals surface area contributed by atoms with Crippen LogP contribution in [0.3, 0.4) is 0 Å². The Hall–Kier alpha value is -1.93. The molecular weight excluding hydrogens is 414 g/mol. The van der Waals surface area contributed by atoms with E-state index in [-0.39, 0.29) is 23.8 Å². The van der Waals surface area contributed by atoms with E-state index in [4.69, 9.17) is 0 Å². The number of likely N-dealkylation sites (tertiary alicyclic amines) is 1. The van der Waals surface area contributed by atoms with E-state index < -0.39 is 10.0 Å². The molecule has 2 amide bonds. The van der Waals surface area contributed by atoms with Gasteiger partial charge < -0.3 is 10.2 Å². The lowest BCUT2D eigenvalue weighted by molar-refractivity contribution is -0.130. The second-order valence-corrected chi connectivity index (χ2v) is 10.9. The van der Waals surface area contributed by atoms with Crippen molar-refractivity contribution in [2.24, 2.45) is 5.92 Å². The van der Waals surface area contributed by atoms with E-state index in [0.717, 1.165) is 35.1 Å². The van der Waals surface area contributed by atoms with E-state index >= 15 is 0 Å². The topological polar surface area (TPSA) is 86.8 Å². The van der Waals surface area contributed by atoms with Crippen molar-refractivity contribution in [3.63, 3.8) is 0 Å². The molecule has 2 fully saturated rings. The van der Waals surface area contributed by atoms with Crippen molar-refractivity contribution in [1.82, 2.24) is 14.5 Å². The number of rotatable bonds is 4. The van der Waals surface area contributed by atoms with Crippen molar-refractivity contribution >= 4 is 21.8 Å². The Balaban J connectivity index is 1.61. The first kappa shape index (κ1) is 23.7. The first-order valence-electron chi connectivity index (χ1n) is 11.2. The van der Waals surface area contributed by atoms with E-state index in [2.05, 4.69) is 5.32 Å². The number of amides is 2. The first-order valence-corrected chi connectivity index (χ1v) is 12.6. The predicted octanol–water partition coefficient (Wildman–Crippen LogP) is 2.45. The quantitative estimate of drug-likeness (QED) is 0.765. The number of nitrogens with zero attached hydrogens (tertiary/aromatic N) is 2. The van der Waals surface area contributed by atoms with Gasteiger partial charge in [0, 0.05) is 45.1 Å². The van der Waals surface area contributed by atoms with E-state index in [9.17, 15) is 18.0 Å². The van der Waals surface area contributed by atoms with Crippen molar-refractivity contribution in [1.29, 1.82) is 0 Å². The number of aryl methyl sites for hydroxylation is 2. The smallest absolute Gasteiger partial charge is 0.243 e. The molecule has 2 aliphatic rings. The van der Waals surface area contributed by atoms with Gasteiger partial charge in [0.15, 0.2) is 0 Å². The maximum absolute atomic E-state index is 13.4. The summed E-state index contributed by atoms with van der Waals surface area (Å²) >= 11 is 0. The summed E-state index contributed by atoms with van der Waals surface area (Å²) in [5, 5.41) is 3.12. The average molecular weight is 450 g/mol. The molecule has 0 aliphatic carbocycles. The number of nitrogens with one attached hydrogen (secondary N) is 1. The Bertz CT molecular complexity index is 931. The molecule has 1 N–H and O–H groups in total. The summed E-state index contributed by atoms with van der Waals surface area (Å²) in [6.07, 6.45) is 2.59. The van der Waals surface area contributed by atoms with Crippen molar-refractivity contribution in [3.05, 3.63) is 28.3 Å². The minimum absolute atomic E-state index is 0.0112. The number of carbonyl (C=O) groups excluding carboxylic acids is 2. The second kappa shape index (κ2) is 9.28. The van der Waals surface area contributed by atoms with Gasteiger partial charge in [-0.3, -0.25) is 9.59 Å². The molecule has 2 saturated heterocycles. The number of benzene rings is 1. The fourth-order valence-corrected chi connectivity index (χ4v) is 6.76. The Morgan fingerprint density at radius 2 is 1.42 bits per heavy atom. The van der Waals surface area contributed by atoms with Gasteiger partial charge in [0.25, 0.3) is 0 Å². The molecule has 0 spiro atoms. The van der Waals surface area contributed by atoms with Crippen molar-refractivity contribution in [2.45, 2.75) is 71.2 Å². The minimum Gasteiger partial charge on any atom is -0.353 e. The molecule has 31 heavy (non-hydrogen) atoms. The Morgan fingerprint density at radius 3 is 1.90 bits per heavy atom. The maximum Gasteiger partial charge on any atom is 0.243 e. The third-order valence-corrected chi connectivity index (χ3v) is 9.18. The zero-order chi connectivity index (χ0) is 22.9. The van der Waals surface area contributed by atoms with Crippen LogP contribution in [0, 0.1) is 33.6 Å². The summed E-state index contributed by atoms with van der Waals surface area (Å²) in [4.78, 5) is 26.4. The van der Waals surface area contributed by atoms with E-state index in [1.165, 1.54) is 4.31 Å². The highest BCUT2D eigenvalue weighted by Crippen LogP contribution is 2.31. The van der Waals surface area contributed by atoms with Crippen LogP contribution in [0.4, 0.5) is 0 Å². The van der Waals surface area contributed by atoms with Crippen LogP contribution in [0.1, 0.15) is 54.9 Å². The molecule has 8 heteroatoms. The summed E-state index contributed by atoms with van der Waals surface area (Å²) in [5.74, 6) is -0.0801. The second-order valence-electron chi connectivity index (χ2n) is 9.06. The molecule has 0 radical (unpaired) electrons. The Labute approximate surface area is 186 Å². The van der Waals surface area contributed by atoms with Gasteiger partial charge in [0.1, 0.15) is 0 Å². The van der Waals surface area contributed by atoms with Crippen LogP contribution in [0.25, 0.3) is 0 Å². The lowest BCUT2D eigenvalue weighted by Crippen LogP contribution is -2.49. The third kappa shape index (κ3) is 4.95. The summed E-state index contributed by atoms with van der Waals surface area (Å²) in [6.45, 7) is 11.2. The van der Waals surface area contributed by atoms with E-state index in [1.807, 2.05) is 38.7 Å².